The van der Waals surface area contributed by atoms with E-state index in [1.165, 1.54) is 6.66 Å². The summed E-state index contributed by atoms with van der Waals surface area (Å²) in [6, 6.07) is 15.8. The number of aromatic amines is 1. The van der Waals surface area contributed by atoms with Gasteiger partial charge in [0, 0.05) is 23.8 Å². The predicted octanol–water partition coefficient (Wildman–Crippen LogP) is 3.98. The summed E-state index contributed by atoms with van der Waals surface area (Å²) in [6.45, 7) is 1.22. The zero-order chi connectivity index (χ0) is 17.3. The second kappa shape index (κ2) is 6.27. The molecule has 3 unspecified atom stereocenters. The third kappa shape index (κ3) is 3.01. The summed E-state index contributed by atoms with van der Waals surface area (Å²) in [5.41, 5.74) is 0.858. The van der Waals surface area contributed by atoms with E-state index in [0.29, 0.717) is 11.1 Å². The first kappa shape index (κ1) is 16.5. The molecular weight excluding hydrogens is 325 g/mol. The molecule has 1 aromatic heterocycles. The van der Waals surface area contributed by atoms with Crippen LogP contribution in [0.25, 0.3) is 10.9 Å². The fourth-order valence-corrected chi connectivity index (χ4v) is 4.80. The lowest BCUT2D eigenvalue weighted by molar-refractivity contribution is -0.139. The molecule has 0 saturated heterocycles. The molecule has 0 bridgehead atoms. The van der Waals surface area contributed by atoms with Gasteiger partial charge in [-0.05, 0) is 23.3 Å². The number of nitrogens with one attached hydrogen (secondary N) is 1. The van der Waals surface area contributed by atoms with Crippen LogP contribution in [0.5, 0.6) is 0 Å². The maximum atomic E-state index is 12.7. The Hall–Kier alpha value is -2.36. The largest absolute Gasteiger partial charge is 0.481 e. The molecule has 0 aliphatic heterocycles. The minimum Gasteiger partial charge on any atom is -0.481 e. The molecule has 0 radical (unpaired) electrons. The Kier molecular flexibility index (Phi) is 4.31. The van der Waals surface area contributed by atoms with E-state index in [0.717, 1.165) is 10.9 Å². The predicted molar refractivity (Wildman–Crippen MR) is 93.6 cm³/mol. The van der Waals surface area contributed by atoms with Gasteiger partial charge in [0.25, 0.3) is 0 Å². The van der Waals surface area contributed by atoms with Crippen molar-refractivity contribution >= 4 is 24.2 Å². The van der Waals surface area contributed by atoms with Gasteiger partial charge in [-0.3, -0.25) is 9.36 Å². The average molecular weight is 343 g/mol. The van der Waals surface area contributed by atoms with Gasteiger partial charge in [-0.1, -0.05) is 42.5 Å². The van der Waals surface area contributed by atoms with Gasteiger partial charge in [0.05, 0.1) is 11.6 Å². The maximum Gasteiger partial charge on any atom is 0.312 e. The number of fused-ring (bicyclic) bond motifs is 1. The summed E-state index contributed by atoms with van der Waals surface area (Å²) in [4.78, 5) is 25.4. The SMILES string of the molecule is CP(=O)(O)C(c1cccc2[nH]ccc12)C(C(=O)O)c1ccccc1. The second-order valence-electron chi connectivity index (χ2n) is 5.90. The summed E-state index contributed by atoms with van der Waals surface area (Å²) in [6.07, 6.45) is 1.74. The highest BCUT2D eigenvalue weighted by Crippen LogP contribution is 2.59. The molecule has 0 fully saturated rings. The number of benzene rings is 2. The molecule has 124 valence electrons. The molecule has 2 aromatic carbocycles. The van der Waals surface area contributed by atoms with Gasteiger partial charge in [-0.25, -0.2) is 0 Å². The van der Waals surface area contributed by atoms with Crippen molar-refractivity contribution in [2.24, 2.45) is 0 Å². The lowest BCUT2D eigenvalue weighted by Gasteiger charge is -2.27. The molecule has 0 saturated carbocycles. The molecule has 0 spiro atoms. The van der Waals surface area contributed by atoms with Crippen LogP contribution < -0.4 is 0 Å². The Morgan fingerprint density at radius 1 is 1.08 bits per heavy atom. The summed E-state index contributed by atoms with van der Waals surface area (Å²) in [7, 11) is -3.75. The molecule has 3 atom stereocenters. The minimum absolute atomic E-state index is 0.513. The lowest BCUT2D eigenvalue weighted by Crippen LogP contribution is -2.20. The fourth-order valence-electron chi connectivity index (χ4n) is 3.20. The van der Waals surface area contributed by atoms with E-state index in [9.17, 15) is 19.4 Å². The number of aliphatic carboxylic acids is 1. The zero-order valence-corrected chi connectivity index (χ0v) is 14.0. The number of carbonyl (C=O) groups is 1. The number of carboxylic acids is 1. The highest BCUT2D eigenvalue weighted by Gasteiger charge is 2.41. The van der Waals surface area contributed by atoms with Crippen molar-refractivity contribution in [3.63, 3.8) is 0 Å². The molecule has 5 nitrogen and oxygen atoms in total. The van der Waals surface area contributed by atoms with E-state index >= 15 is 0 Å². The van der Waals surface area contributed by atoms with Crippen molar-refractivity contribution in [1.29, 1.82) is 0 Å². The van der Waals surface area contributed by atoms with Crippen LogP contribution in [0.1, 0.15) is 22.7 Å². The van der Waals surface area contributed by atoms with Crippen LogP contribution in [0.4, 0.5) is 0 Å². The van der Waals surface area contributed by atoms with E-state index in [4.69, 9.17) is 0 Å². The van der Waals surface area contributed by atoms with Crippen LogP contribution in [-0.4, -0.2) is 27.6 Å². The highest BCUT2D eigenvalue weighted by atomic mass is 31.2. The standard InChI is InChI=1S/C18H18NO4P/c1-24(22,23)17(14-8-5-9-15-13(14)10-11-19-15)16(18(20)21)12-6-3-2-4-7-12/h2-11,16-17,19H,1H3,(H,20,21)(H,22,23). The zero-order valence-electron chi connectivity index (χ0n) is 13.1. The fraction of sp³-hybridized carbons (Fsp3) is 0.167. The number of hydrogen-bond donors (Lipinski definition) is 3. The van der Waals surface area contributed by atoms with Crippen LogP contribution >= 0.6 is 7.37 Å². The molecule has 24 heavy (non-hydrogen) atoms. The van der Waals surface area contributed by atoms with Crippen molar-refractivity contribution in [3.05, 3.63) is 71.9 Å². The van der Waals surface area contributed by atoms with Gasteiger partial charge in [0.15, 0.2) is 0 Å². The van der Waals surface area contributed by atoms with Gasteiger partial charge in [0.1, 0.15) is 0 Å². The van der Waals surface area contributed by atoms with Crippen LogP contribution in [0.3, 0.4) is 0 Å². The summed E-state index contributed by atoms with van der Waals surface area (Å²) in [5, 5.41) is 10.6. The molecule has 6 heteroatoms. The van der Waals surface area contributed by atoms with Crippen LogP contribution in [0, 0.1) is 0 Å². The molecule has 0 aliphatic rings. The van der Waals surface area contributed by atoms with Gasteiger partial charge < -0.3 is 15.0 Å². The smallest absolute Gasteiger partial charge is 0.312 e. The van der Waals surface area contributed by atoms with Crippen molar-refractivity contribution < 1.29 is 19.4 Å². The number of aromatic nitrogens is 1. The molecule has 0 aliphatic carbocycles. The Labute approximate surface area is 139 Å². The number of rotatable bonds is 5. The number of hydrogen-bond acceptors (Lipinski definition) is 2. The van der Waals surface area contributed by atoms with E-state index in [-0.39, 0.29) is 0 Å². The van der Waals surface area contributed by atoms with Gasteiger partial charge >= 0.3 is 5.97 Å². The number of H-pyrrole nitrogens is 1. The topological polar surface area (TPSA) is 90.4 Å². The number of carboxylic acid groups (broad SMARTS) is 1. The molecule has 0 amide bonds. The first-order chi connectivity index (χ1) is 11.4. The van der Waals surface area contributed by atoms with Crippen LogP contribution in [0.2, 0.25) is 0 Å². The van der Waals surface area contributed by atoms with Crippen molar-refractivity contribution in [3.8, 4) is 0 Å². The van der Waals surface area contributed by atoms with E-state index in [2.05, 4.69) is 4.98 Å². The Morgan fingerprint density at radius 3 is 2.42 bits per heavy atom. The van der Waals surface area contributed by atoms with Crippen molar-refractivity contribution in [2.45, 2.75) is 11.6 Å². The third-order valence-electron chi connectivity index (χ3n) is 4.20. The maximum absolute atomic E-state index is 12.7. The monoisotopic (exact) mass is 343 g/mol. The van der Waals surface area contributed by atoms with E-state index in [1.807, 2.05) is 6.07 Å². The summed E-state index contributed by atoms with van der Waals surface area (Å²) < 4.78 is 12.7. The molecule has 1 heterocycles. The molecular formula is C18H18NO4P. The molecule has 3 N–H and O–H groups in total. The average Bonchev–Trinajstić information content (AvgIpc) is 3.00. The third-order valence-corrected chi connectivity index (χ3v) is 5.81. The Balaban J connectivity index is 2.25. The first-order valence-corrected chi connectivity index (χ1v) is 9.71. The first-order valence-electron chi connectivity index (χ1n) is 7.53. The van der Waals surface area contributed by atoms with E-state index < -0.39 is 24.9 Å². The second-order valence-corrected chi connectivity index (χ2v) is 8.34. The van der Waals surface area contributed by atoms with Crippen molar-refractivity contribution in [2.75, 3.05) is 6.66 Å². The van der Waals surface area contributed by atoms with Crippen LogP contribution in [-0.2, 0) is 9.36 Å². The molecule has 3 aromatic rings. The van der Waals surface area contributed by atoms with Crippen molar-refractivity contribution in [1.82, 2.24) is 4.98 Å². The highest BCUT2D eigenvalue weighted by molar-refractivity contribution is 7.57. The lowest BCUT2D eigenvalue weighted by atomic mass is 9.90. The minimum atomic E-state index is -3.75. The molecule has 3 rings (SSSR count). The Bertz CT molecular complexity index is 913. The summed E-state index contributed by atoms with van der Waals surface area (Å²) >= 11 is 0. The Morgan fingerprint density at radius 2 is 1.79 bits per heavy atom. The summed E-state index contributed by atoms with van der Waals surface area (Å²) in [5.74, 6) is -2.22. The van der Waals surface area contributed by atoms with Gasteiger partial charge in [-0.15, -0.1) is 0 Å². The van der Waals surface area contributed by atoms with Crippen LogP contribution in [0.15, 0.2) is 60.8 Å². The van der Waals surface area contributed by atoms with E-state index in [1.54, 1.807) is 54.7 Å². The van der Waals surface area contributed by atoms with Gasteiger partial charge in [-0.2, -0.15) is 0 Å². The quantitative estimate of drug-likeness (QED) is 0.611. The van der Waals surface area contributed by atoms with Gasteiger partial charge in [0.2, 0.25) is 7.37 Å². The normalized spacial score (nSPS) is 16.4.